The Bertz CT molecular complexity index is 228. The van der Waals surface area contributed by atoms with E-state index in [-0.39, 0.29) is 23.8 Å². The van der Waals surface area contributed by atoms with E-state index in [0.29, 0.717) is 25.8 Å². The maximum atomic E-state index is 11.5. The van der Waals surface area contributed by atoms with E-state index in [4.69, 9.17) is 5.11 Å². The lowest BCUT2D eigenvalue weighted by atomic mass is 9.82. The van der Waals surface area contributed by atoms with Crippen molar-refractivity contribution in [2.75, 3.05) is 13.2 Å². The number of aliphatic hydroxyl groups is 1. The molecule has 0 radical (unpaired) electrons. The summed E-state index contributed by atoms with van der Waals surface area (Å²) < 4.78 is 0. The molecule has 0 spiro atoms. The van der Waals surface area contributed by atoms with Gasteiger partial charge in [-0.2, -0.15) is 0 Å². The minimum Gasteiger partial charge on any atom is -0.396 e. The maximum Gasteiger partial charge on any atom is 0.229 e. The van der Waals surface area contributed by atoms with Crippen molar-refractivity contribution < 1.29 is 14.7 Å². The molecule has 1 aliphatic heterocycles. The predicted molar refractivity (Wildman–Crippen MR) is 51.4 cm³/mol. The summed E-state index contributed by atoms with van der Waals surface area (Å²) >= 11 is 0. The summed E-state index contributed by atoms with van der Waals surface area (Å²) in [6.07, 6.45) is 1.31. The van der Waals surface area contributed by atoms with Gasteiger partial charge < -0.3 is 5.11 Å². The minimum absolute atomic E-state index is 0.0143. The quantitative estimate of drug-likeness (QED) is 0.675. The largest absolute Gasteiger partial charge is 0.396 e. The Morgan fingerprint density at radius 3 is 2.21 bits per heavy atom. The van der Waals surface area contributed by atoms with Crippen LogP contribution in [0.3, 0.4) is 0 Å². The Hall–Kier alpha value is -0.900. The monoisotopic (exact) mass is 199 g/mol. The molecule has 1 fully saturated rings. The molecule has 0 bridgehead atoms. The second kappa shape index (κ2) is 4.09. The van der Waals surface area contributed by atoms with Gasteiger partial charge in [0.25, 0.3) is 0 Å². The highest BCUT2D eigenvalue weighted by Crippen LogP contribution is 2.31. The summed E-state index contributed by atoms with van der Waals surface area (Å²) in [4.78, 5) is 24.4. The van der Waals surface area contributed by atoms with Crippen LogP contribution >= 0.6 is 0 Å². The smallest absolute Gasteiger partial charge is 0.229 e. The number of piperidine rings is 1. The highest BCUT2D eigenvalue weighted by Gasteiger charge is 2.36. The lowest BCUT2D eigenvalue weighted by molar-refractivity contribution is -0.152. The normalized spacial score (nSPS) is 21.5. The molecule has 4 nitrogen and oxygen atoms in total. The number of hydrogen-bond donors (Lipinski definition) is 1. The minimum atomic E-state index is -0.204. The maximum absolute atomic E-state index is 11.5. The first kappa shape index (κ1) is 11.2. The zero-order valence-electron chi connectivity index (χ0n) is 8.75. The molecule has 0 unspecified atom stereocenters. The zero-order chi connectivity index (χ0) is 10.8. The van der Waals surface area contributed by atoms with Gasteiger partial charge in [0.2, 0.25) is 11.8 Å². The Morgan fingerprint density at radius 2 is 1.79 bits per heavy atom. The molecule has 2 amide bonds. The molecule has 0 aromatic heterocycles. The highest BCUT2D eigenvalue weighted by atomic mass is 16.3. The molecular formula is C10H17NO3. The van der Waals surface area contributed by atoms with Crippen molar-refractivity contribution in [2.45, 2.75) is 33.1 Å². The lowest BCUT2D eigenvalue weighted by Gasteiger charge is -2.34. The number of rotatable bonds is 3. The number of hydrogen-bond acceptors (Lipinski definition) is 3. The van der Waals surface area contributed by atoms with Crippen LogP contribution in [-0.2, 0) is 9.59 Å². The summed E-state index contributed by atoms with van der Waals surface area (Å²) in [6, 6.07) is 0. The molecule has 0 aromatic carbocycles. The fourth-order valence-electron chi connectivity index (χ4n) is 1.69. The van der Waals surface area contributed by atoms with Crippen molar-refractivity contribution in [1.29, 1.82) is 0 Å². The van der Waals surface area contributed by atoms with Gasteiger partial charge in [0, 0.05) is 26.0 Å². The number of carbonyl (C=O) groups excluding carboxylic acids is 2. The van der Waals surface area contributed by atoms with Gasteiger partial charge in [0.05, 0.1) is 0 Å². The standard InChI is InChI=1S/C10H17NO3/c1-10(2)6-8(13)11(4-3-5-12)9(14)7-10/h12H,3-7H2,1-2H3. The Labute approximate surface area is 83.9 Å². The van der Waals surface area contributed by atoms with Crippen molar-refractivity contribution in [3.8, 4) is 0 Å². The van der Waals surface area contributed by atoms with Crippen molar-refractivity contribution >= 4 is 11.8 Å². The number of likely N-dealkylation sites (tertiary alicyclic amines) is 1. The molecular weight excluding hydrogens is 182 g/mol. The Morgan fingerprint density at radius 1 is 1.29 bits per heavy atom. The molecule has 14 heavy (non-hydrogen) atoms. The van der Waals surface area contributed by atoms with Gasteiger partial charge >= 0.3 is 0 Å². The second-order valence-corrected chi connectivity index (χ2v) is 4.53. The van der Waals surface area contributed by atoms with Crippen LogP contribution in [0.15, 0.2) is 0 Å². The topological polar surface area (TPSA) is 57.6 Å². The van der Waals surface area contributed by atoms with E-state index >= 15 is 0 Å². The summed E-state index contributed by atoms with van der Waals surface area (Å²) in [6.45, 7) is 4.21. The molecule has 1 saturated heterocycles. The molecule has 0 saturated carbocycles. The summed E-state index contributed by atoms with van der Waals surface area (Å²) in [5, 5.41) is 8.62. The van der Waals surface area contributed by atoms with Gasteiger partial charge in [-0.3, -0.25) is 14.5 Å². The van der Waals surface area contributed by atoms with Gasteiger partial charge in [-0.05, 0) is 11.8 Å². The molecule has 0 aromatic rings. The third-order valence-corrected chi connectivity index (χ3v) is 2.40. The van der Waals surface area contributed by atoms with E-state index in [1.165, 1.54) is 4.90 Å². The first-order valence-electron chi connectivity index (χ1n) is 4.90. The number of imide groups is 1. The van der Waals surface area contributed by atoms with E-state index in [9.17, 15) is 9.59 Å². The Balaban J connectivity index is 2.62. The number of amides is 2. The van der Waals surface area contributed by atoms with Crippen LogP contribution in [0.5, 0.6) is 0 Å². The fourth-order valence-corrected chi connectivity index (χ4v) is 1.69. The molecule has 4 heteroatoms. The predicted octanol–water partition coefficient (Wildman–Crippen LogP) is 0.544. The number of carbonyl (C=O) groups is 2. The molecule has 1 rings (SSSR count). The van der Waals surface area contributed by atoms with Crippen molar-refractivity contribution in [3.63, 3.8) is 0 Å². The van der Waals surface area contributed by atoms with E-state index < -0.39 is 0 Å². The average molecular weight is 199 g/mol. The van der Waals surface area contributed by atoms with Crippen molar-refractivity contribution in [3.05, 3.63) is 0 Å². The molecule has 1 N–H and O–H groups in total. The third-order valence-electron chi connectivity index (χ3n) is 2.40. The van der Waals surface area contributed by atoms with Crippen LogP contribution in [-0.4, -0.2) is 35.0 Å². The van der Waals surface area contributed by atoms with Gasteiger partial charge in [0.1, 0.15) is 0 Å². The molecule has 1 aliphatic rings. The first-order valence-corrected chi connectivity index (χ1v) is 4.90. The van der Waals surface area contributed by atoms with Crippen LogP contribution < -0.4 is 0 Å². The van der Waals surface area contributed by atoms with Gasteiger partial charge in [0.15, 0.2) is 0 Å². The van der Waals surface area contributed by atoms with E-state index in [1.54, 1.807) is 0 Å². The SMILES string of the molecule is CC1(C)CC(=O)N(CCCO)C(=O)C1. The van der Waals surface area contributed by atoms with Crippen molar-refractivity contribution in [1.82, 2.24) is 4.90 Å². The first-order chi connectivity index (χ1) is 6.46. The van der Waals surface area contributed by atoms with E-state index in [0.717, 1.165) is 0 Å². The molecule has 1 heterocycles. The van der Waals surface area contributed by atoms with Crippen molar-refractivity contribution in [2.24, 2.45) is 5.41 Å². The highest BCUT2D eigenvalue weighted by molar-refractivity contribution is 5.98. The van der Waals surface area contributed by atoms with E-state index in [2.05, 4.69) is 0 Å². The van der Waals surface area contributed by atoms with Gasteiger partial charge in [-0.1, -0.05) is 13.8 Å². The average Bonchev–Trinajstić information content (AvgIpc) is 2.00. The third kappa shape index (κ3) is 2.54. The number of aliphatic hydroxyl groups excluding tert-OH is 1. The summed E-state index contributed by atoms with van der Waals surface area (Å²) in [5.41, 5.74) is -0.204. The number of nitrogens with zero attached hydrogens (tertiary/aromatic N) is 1. The molecule has 0 aliphatic carbocycles. The van der Waals surface area contributed by atoms with Crippen LogP contribution in [0.2, 0.25) is 0 Å². The van der Waals surface area contributed by atoms with Crippen LogP contribution in [0, 0.1) is 5.41 Å². The van der Waals surface area contributed by atoms with Crippen LogP contribution in [0.25, 0.3) is 0 Å². The summed E-state index contributed by atoms with van der Waals surface area (Å²) in [5.74, 6) is -0.223. The van der Waals surface area contributed by atoms with Crippen LogP contribution in [0.1, 0.15) is 33.1 Å². The summed E-state index contributed by atoms with van der Waals surface area (Å²) in [7, 11) is 0. The lowest BCUT2D eigenvalue weighted by Crippen LogP contribution is -2.46. The van der Waals surface area contributed by atoms with E-state index in [1.807, 2.05) is 13.8 Å². The molecule has 80 valence electrons. The zero-order valence-corrected chi connectivity index (χ0v) is 8.75. The molecule has 0 atom stereocenters. The second-order valence-electron chi connectivity index (χ2n) is 4.53. The van der Waals surface area contributed by atoms with Crippen LogP contribution in [0.4, 0.5) is 0 Å². The van der Waals surface area contributed by atoms with Gasteiger partial charge in [-0.25, -0.2) is 0 Å². The fraction of sp³-hybridized carbons (Fsp3) is 0.800. The van der Waals surface area contributed by atoms with Gasteiger partial charge in [-0.15, -0.1) is 0 Å². The Kier molecular flexibility index (Phi) is 3.26.